The molecule has 1 unspecified atom stereocenters. The minimum atomic E-state index is -0.702. The first kappa shape index (κ1) is 22.5. The summed E-state index contributed by atoms with van der Waals surface area (Å²) >= 11 is 0. The van der Waals surface area contributed by atoms with Gasteiger partial charge in [-0.3, -0.25) is 14.4 Å². The Morgan fingerprint density at radius 2 is 1.50 bits per heavy atom. The number of benzene rings is 2. The van der Waals surface area contributed by atoms with Crippen molar-refractivity contribution in [2.75, 3.05) is 12.3 Å². The molecule has 0 aliphatic rings. The SMILES string of the molecule is CCONC(=O)C(NC(=O)c1ccc(C#CC#Cc2ccc(N)cc2)cc1)C(C)C. The molecular weight excluding hydrogens is 378 g/mol. The average molecular weight is 403 g/mol. The number of carbonyl (C=O) groups excluding carboxylic acids is 2. The van der Waals surface area contributed by atoms with Crippen LogP contribution in [0.5, 0.6) is 0 Å². The van der Waals surface area contributed by atoms with E-state index >= 15 is 0 Å². The van der Waals surface area contributed by atoms with Crippen molar-refractivity contribution in [2.45, 2.75) is 26.8 Å². The van der Waals surface area contributed by atoms with Gasteiger partial charge in [0.25, 0.3) is 11.8 Å². The third-order valence-electron chi connectivity index (χ3n) is 4.09. The number of nitrogen functional groups attached to an aromatic ring is 1. The molecule has 0 aromatic heterocycles. The first-order valence-corrected chi connectivity index (χ1v) is 9.60. The van der Waals surface area contributed by atoms with Crippen LogP contribution in [0.3, 0.4) is 0 Å². The lowest BCUT2D eigenvalue weighted by Gasteiger charge is -2.21. The lowest BCUT2D eigenvalue weighted by atomic mass is 10.0. The predicted molar refractivity (Wildman–Crippen MR) is 117 cm³/mol. The molecule has 0 aliphatic carbocycles. The third kappa shape index (κ3) is 7.01. The van der Waals surface area contributed by atoms with Crippen molar-refractivity contribution in [3.63, 3.8) is 0 Å². The number of anilines is 1. The Hall–Kier alpha value is -3.74. The Balaban J connectivity index is 2.00. The average Bonchev–Trinajstić information content (AvgIpc) is 2.74. The van der Waals surface area contributed by atoms with E-state index < -0.39 is 6.04 Å². The molecule has 0 heterocycles. The summed E-state index contributed by atoms with van der Waals surface area (Å²) in [5.74, 6) is 10.6. The molecule has 4 N–H and O–H groups in total. The molecule has 2 aromatic carbocycles. The van der Waals surface area contributed by atoms with Crippen molar-refractivity contribution >= 4 is 17.5 Å². The maximum atomic E-state index is 12.5. The molecular formula is C24H25N3O3. The van der Waals surface area contributed by atoms with E-state index in [4.69, 9.17) is 10.6 Å². The second-order valence-electron chi connectivity index (χ2n) is 6.79. The van der Waals surface area contributed by atoms with Gasteiger partial charge in [0, 0.05) is 22.4 Å². The number of hydrogen-bond acceptors (Lipinski definition) is 4. The van der Waals surface area contributed by atoms with Crippen molar-refractivity contribution in [2.24, 2.45) is 5.92 Å². The molecule has 1 atom stereocenters. The summed E-state index contributed by atoms with van der Waals surface area (Å²) in [7, 11) is 0. The summed E-state index contributed by atoms with van der Waals surface area (Å²) in [6.07, 6.45) is 0. The number of nitrogens with two attached hydrogens (primary N) is 1. The monoisotopic (exact) mass is 403 g/mol. The first-order valence-electron chi connectivity index (χ1n) is 9.60. The van der Waals surface area contributed by atoms with Crippen LogP contribution in [0.2, 0.25) is 0 Å². The van der Waals surface area contributed by atoms with Gasteiger partial charge in [0.15, 0.2) is 0 Å². The van der Waals surface area contributed by atoms with Crippen LogP contribution in [0.25, 0.3) is 0 Å². The molecule has 0 fully saturated rings. The van der Waals surface area contributed by atoms with Crippen molar-refractivity contribution in [1.29, 1.82) is 0 Å². The van der Waals surface area contributed by atoms with Crippen molar-refractivity contribution < 1.29 is 14.4 Å². The van der Waals surface area contributed by atoms with Gasteiger partial charge in [-0.1, -0.05) is 25.7 Å². The highest BCUT2D eigenvalue weighted by Gasteiger charge is 2.24. The Morgan fingerprint density at radius 3 is 2.00 bits per heavy atom. The second-order valence-corrected chi connectivity index (χ2v) is 6.79. The van der Waals surface area contributed by atoms with Crippen molar-refractivity contribution in [1.82, 2.24) is 10.8 Å². The van der Waals surface area contributed by atoms with Crippen LogP contribution < -0.4 is 16.5 Å². The molecule has 2 rings (SSSR count). The van der Waals surface area contributed by atoms with E-state index in [0.717, 1.165) is 11.1 Å². The maximum Gasteiger partial charge on any atom is 0.266 e. The highest BCUT2D eigenvalue weighted by molar-refractivity contribution is 5.97. The van der Waals surface area contributed by atoms with Gasteiger partial charge >= 0.3 is 0 Å². The summed E-state index contributed by atoms with van der Waals surface area (Å²) < 4.78 is 0. The fourth-order valence-corrected chi connectivity index (χ4v) is 2.44. The van der Waals surface area contributed by atoms with E-state index in [9.17, 15) is 9.59 Å². The van der Waals surface area contributed by atoms with E-state index in [-0.39, 0.29) is 17.7 Å². The summed E-state index contributed by atoms with van der Waals surface area (Å²) in [5, 5.41) is 2.74. The van der Waals surface area contributed by atoms with Gasteiger partial charge in [-0.05, 0) is 73.2 Å². The molecule has 0 saturated heterocycles. The number of rotatable bonds is 6. The molecule has 0 bridgehead atoms. The minimum Gasteiger partial charge on any atom is -0.399 e. The van der Waals surface area contributed by atoms with E-state index in [1.807, 2.05) is 26.0 Å². The molecule has 0 spiro atoms. The van der Waals surface area contributed by atoms with Crippen LogP contribution in [-0.4, -0.2) is 24.5 Å². The van der Waals surface area contributed by atoms with Crippen LogP contribution in [0, 0.1) is 29.6 Å². The smallest absolute Gasteiger partial charge is 0.266 e. The lowest BCUT2D eigenvalue weighted by molar-refractivity contribution is -0.136. The molecule has 6 heteroatoms. The summed E-state index contributed by atoms with van der Waals surface area (Å²) in [5.41, 5.74) is 10.6. The largest absolute Gasteiger partial charge is 0.399 e. The number of hydroxylamine groups is 1. The van der Waals surface area contributed by atoms with Gasteiger partial charge in [-0.2, -0.15) is 0 Å². The highest BCUT2D eigenvalue weighted by Crippen LogP contribution is 2.07. The molecule has 0 saturated carbocycles. The molecule has 30 heavy (non-hydrogen) atoms. The Kier molecular flexibility index (Phi) is 8.50. The van der Waals surface area contributed by atoms with Crippen LogP contribution >= 0.6 is 0 Å². The van der Waals surface area contributed by atoms with Gasteiger partial charge in [0.05, 0.1) is 6.61 Å². The first-order chi connectivity index (χ1) is 14.4. The van der Waals surface area contributed by atoms with E-state index in [2.05, 4.69) is 34.5 Å². The quantitative estimate of drug-likeness (QED) is 0.392. The van der Waals surface area contributed by atoms with Gasteiger partial charge in [0.1, 0.15) is 6.04 Å². The molecule has 0 aliphatic heterocycles. The van der Waals surface area contributed by atoms with Gasteiger partial charge < -0.3 is 11.1 Å². The Morgan fingerprint density at radius 1 is 0.967 bits per heavy atom. The summed E-state index contributed by atoms with van der Waals surface area (Å²) in [6.45, 7) is 5.80. The zero-order chi connectivity index (χ0) is 21.9. The Labute approximate surface area is 177 Å². The van der Waals surface area contributed by atoms with Crippen LogP contribution in [0.4, 0.5) is 5.69 Å². The molecule has 6 nitrogen and oxygen atoms in total. The topological polar surface area (TPSA) is 93.5 Å². The normalized spacial score (nSPS) is 10.8. The van der Waals surface area contributed by atoms with Gasteiger partial charge in [-0.25, -0.2) is 5.48 Å². The summed E-state index contributed by atoms with van der Waals surface area (Å²) in [6, 6.07) is 13.3. The van der Waals surface area contributed by atoms with Crippen LogP contribution in [-0.2, 0) is 9.63 Å². The highest BCUT2D eigenvalue weighted by atomic mass is 16.6. The zero-order valence-electron chi connectivity index (χ0n) is 17.3. The summed E-state index contributed by atoms with van der Waals surface area (Å²) in [4.78, 5) is 29.6. The van der Waals surface area contributed by atoms with E-state index in [0.29, 0.717) is 17.9 Å². The molecule has 2 aromatic rings. The van der Waals surface area contributed by atoms with E-state index in [1.165, 1.54) is 0 Å². The second kappa shape index (κ2) is 11.3. The third-order valence-corrected chi connectivity index (χ3v) is 4.09. The van der Waals surface area contributed by atoms with Crippen LogP contribution in [0.1, 0.15) is 42.3 Å². The number of carbonyl (C=O) groups is 2. The number of hydrogen-bond donors (Lipinski definition) is 3. The molecule has 2 amide bonds. The van der Waals surface area contributed by atoms with Gasteiger partial charge in [-0.15, -0.1) is 0 Å². The number of nitrogens with one attached hydrogen (secondary N) is 2. The Bertz CT molecular complexity index is 988. The standard InChI is InChI=1S/C24H25N3O3/c1-4-30-27-24(29)22(17(2)3)26-23(28)20-13-9-18(10-14-20)7-5-6-8-19-11-15-21(25)16-12-19/h9-17,22H,4,25H2,1-3H3,(H,26,28)(H,27,29). The zero-order valence-corrected chi connectivity index (χ0v) is 17.3. The van der Waals surface area contributed by atoms with Crippen molar-refractivity contribution in [3.05, 3.63) is 65.2 Å². The predicted octanol–water partition coefficient (Wildman–Crippen LogP) is 2.49. The van der Waals surface area contributed by atoms with Crippen LogP contribution in [0.15, 0.2) is 48.5 Å². The van der Waals surface area contributed by atoms with Crippen molar-refractivity contribution in [3.8, 4) is 23.7 Å². The number of amides is 2. The lowest BCUT2D eigenvalue weighted by Crippen LogP contribution is -2.49. The van der Waals surface area contributed by atoms with E-state index in [1.54, 1.807) is 43.3 Å². The molecule has 154 valence electrons. The fraction of sp³-hybridized carbons (Fsp3) is 0.250. The molecule has 0 radical (unpaired) electrons. The van der Waals surface area contributed by atoms with Gasteiger partial charge in [0.2, 0.25) is 0 Å². The minimum absolute atomic E-state index is 0.0980. The fourth-order valence-electron chi connectivity index (χ4n) is 2.44. The maximum absolute atomic E-state index is 12.5.